The van der Waals surface area contributed by atoms with Crippen molar-refractivity contribution in [3.8, 4) is 0 Å². The van der Waals surface area contributed by atoms with Gasteiger partial charge in [0.2, 0.25) is 0 Å². The van der Waals surface area contributed by atoms with Crippen LogP contribution in [0.3, 0.4) is 0 Å². The van der Waals surface area contributed by atoms with Gasteiger partial charge in [-0.3, -0.25) is 4.79 Å². The molecule has 16 heavy (non-hydrogen) atoms. The van der Waals surface area contributed by atoms with Crippen LogP contribution in [0.15, 0.2) is 29.6 Å². The minimum atomic E-state index is -0.291. The Bertz CT molecular complexity index is 525. The number of fused-ring (bicyclic) bond motifs is 1. The van der Waals surface area contributed by atoms with Gasteiger partial charge in [0.1, 0.15) is 11.9 Å². The summed E-state index contributed by atoms with van der Waals surface area (Å²) in [6, 6.07) is 7.39. The van der Waals surface area contributed by atoms with E-state index in [0.29, 0.717) is 5.56 Å². The zero-order valence-electron chi connectivity index (χ0n) is 8.18. The highest BCUT2D eigenvalue weighted by Gasteiger charge is 2.25. The number of aromatic nitrogens is 2. The lowest BCUT2D eigenvalue weighted by Gasteiger charge is -2.26. The van der Waals surface area contributed by atoms with E-state index < -0.39 is 0 Å². The predicted octanol–water partition coefficient (Wildman–Crippen LogP) is 1.39. The number of amides is 1. The van der Waals surface area contributed by atoms with Crippen LogP contribution in [0, 0.1) is 0 Å². The summed E-state index contributed by atoms with van der Waals surface area (Å²) >= 11 is 1.26. The summed E-state index contributed by atoms with van der Waals surface area (Å²) in [6.45, 7) is 0. The van der Waals surface area contributed by atoms with Crippen LogP contribution < -0.4 is 10.6 Å². The number of hydrogen-bond donors (Lipinski definition) is 2. The highest BCUT2D eigenvalue weighted by molar-refractivity contribution is 7.03. The second kappa shape index (κ2) is 3.57. The molecule has 1 aliphatic heterocycles. The van der Waals surface area contributed by atoms with Gasteiger partial charge in [0, 0.05) is 11.1 Å². The van der Waals surface area contributed by atoms with Crippen LogP contribution in [-0.4, -0.2) is 15.5 Å². The third-order valence-electron chi connectivity index (χ3n) is 2.42. The fourth-order valence-corrected chi connectivity index (χ4v) is 2.13. The van der Waals surface area contributed by atoms with E-state index in [0.717, 1.165) is 11.4 Å². The number of para-hydroxylation sites is 1. The lowest BCUT2D eigenvalue weighted by molar-refractivity contribution is 0.0935. The number of carbonyl (C=O) groups is 1. The third kappa shape index (κ3) is 1.43. The maximum Gasteiger partial charge on any atom is 0.255 e. The molecule has 1 atom stereocenters. The second-order valence-electron chi connectivity index (χ2n) is 3.43. The highest BCUT2D eigenvalue weighted by atomic mass is 32.1. The molecule has 6 heteroatoms. The van der Waals surface area contributed by atoms with Gasteiger partial charge in [-0.1, -0.05) is 16.6 Å². The fraction of sp³-hybridized carbons (Fsp3) is 0.100. The highest BCUT2D eigenvalue weighted by Crippen LogP contribution is 2.25. The molecule has 80 valence electrons. The van der Waals surface area contributed by atoms with E-state index >= 15 is 0 Å². The van der Waals surface area contributed by atoms with Gasteiger partial charge in [0.05, 0.1) is 5.56 Å². The Labute approximate surface area is 95.7 Å². The summed E-state index contributed by atoms with van der Waals surface area (Å²) in [5.41, 5.74) is 2.21. The Kier molecular flexibility index (Phi) is 2.07. The van der Waals surface area contributed by atoms with Crippen LogP contribution in [0.25, 0.3) is 0 Å². The average Bonchev–Trinajstić information content (AvgIpc) is 2.82. The van der Waals surface area contributed by atoms with Crippen LogP contribution in [0.2, 0.25) is 0 Å². The molecule has 2 N–H and O–H groups in total. The molecule has 0 saturated heterocycles. The zero-order chi connectivity index (χ0) is 11.0. The molecule has 1 amide bonds. The Morgan fingerprint density at radius 1 is 1.25 bits per heavy atom. The van der Waals surface area contributed by atoms with Crippen molar-refractivity contribution in [3.63, 3.8) is 0 Å². The first-order valence-corrected chi connectivity index (χ1v) is 5.61. The van der Waals surface area contributed by atoms with Crippen molar-refractivity contribution < 1.29 is 4.79 Å². The smallest absolute Gasteiger partial charge is 0.255 e. The van der Waals surface area contributed by atoms with E-state index in [2.05, 4.69) is 20.2 Å². The number of carbonyl (C=O) groups excluding carboxylic acids is 1. The summed E-state index contributed by atoms with van der Waals surface area (Å²) in [5, 5.41) is 11.8. The van der Waals surface area contributed by atoms with Crippen molar-refractivity contribution >= 4 is 23.1 Å². The molecule has 0 spiro atoms. The van der Waals surface area contributed by atoms with Crippen molar-refractivity contribution in [3.05, 3.63) is 40.9 Å². The van der Waals surface area contributed by atoms with Crippen molar-refractivity contribution in [2.45, 2.75) is 6.17 Å². The normalized spacial score (nSPS) is 18.5. The molecule has 2 heterocycles. The SMILES string of the molecule is O=C1NC(c2csnn2)Nc2ccccc21. The van der Waals surface area contributed by atoms with Gasteiger partial charge in [0.25, 0.3) is 5.91 Å². The molecular weight excluding hydrogens is 224 g/mol. The number of anilines is 1. The molecule has 0 fully saturated rings. The third-order valence-corrected chi connectivity index (χ3v) is 2.94. The molecule has 3 rings (SSSR count). The first-order chi connectivity index (χ1) is 7.84. The summed E-state index contributed by atoms with van der Waals surface area (Å²) in [5.74, 6) is -0.0904. The number of rotatable bonds is 1. The van der Waals surface area contributed by atoms with Crippen molar-refractivity contribution in [2.75, 3.05) is 5.32 Å². The maximum absolute atomic E-state index is 11.8. The Morgan fingerprint density at radius 2 is 2.12 bits per heavy atom. The van der Waals surface area contributed by atoms with Crippen LogP contribution in [-0.2, 0) is 0 Å². The molecule has 0 radical (unpaired) electrons. The molecule has 1 aromatic carbocycles. The predicted molar refractivity (Wildman–Crippen MR) is 60.2 cm³/mol. The number of hydrogen-bond acceptors (Lipinski definition) is 5. The van der Waals surface area contributed by atoms with E-state index in [1.165, 1.54) is 11.5 Å². The van der Waals surface area contributed by atoms with Crippen molar-refractivity contribution in [1.29, 1.82) is 0 Å². The average molecular weight is 232 g/mol. The molecule has 5 nitrogen and oxygen atoms in total. The standard InChI is InChI=1S/C10H8N4OS/c15-10-6-3-1-2-4-7(6)11-9(12-10)8-5-16-14-13-8/h1-5,9,11H,(H,12,15). The van der Waals surface area contributed by atoms with Gasteiger partial charge in [0.15, 0.2) is 0 Å². The fourth-order valence-electron chi connectivity index (χ4n) is 1.65. The first kappa shape index (κ1) is 9.29. The number of nitrogens with zero attached hydrogens (tertiary/aromatic N) is 2. The number of nitrogens with one attached hydrogen (secondary N) is 2. The van der Waals surface area contributed by atoms with Crippen LogP contribution in [0.5, 0.6) is 0 Å². The van der Waals surface area contributed by atoms with Crippen LogP contribution >= 0.6 is 11.5 Å². The molecule has 1 aliphatic rings. The van der Waals surface area contributed by atoms with Gasteiger partial charge >= 0.3 is 0 Å². The summed E-state index contributed by atoms with van der Waals surface area (Å²) < 4.78 is 3.78. The lowest BCUT2D eigenvalue weighted by atomic mass is 10.1. The van der Waals surface area contributed by atoms with Gasteiger partial charge in [-0.15, -0.1) is 5.10 Å². The quantitative estimate of drug-likeness (QED) is 0.779. The Hall–Kier alpha value is -1.95. The summed E-state index contributed by atoms with van der Waals surface area (Å²) in [6.07, 6.45) is -0.291. The monoisotopic (exact) mass is 232 g/mol. The largest absolute Gasteiger partial charge is 0.360 e. The second-order valence-corrected chi connectivity index (χ2v) is 4.04. The van der Waals surface area contributed by atoms with Crippen LogP contribution in [0.4, 0.5) is 5.69 Å². The molecule has 1 unspecified atom stereocenters. The summed E-state index contributed by atoms with van der Waals surface area (Å²) in [7, 11) is 0. The van der Waals surface area contributed by atoms with E-state index in [1.54, 1.807) is 6.07 Å². The summed E-state index contributed by atoms with van der Waals surface area (Å²) in [4.78, 5) is 11.8. The zero-order valence-corrected chi connectivity index (χ0v) is 8.99. The van der Waals surface area contributed by atoms with Crippen molar-refractivity contribution in [2.24, 2.45) is 0 Å². The molecule has 0 aliphatic carbocycles. The molecule has 0 bridgehead atoms. The number of benzene rings is 1. The van der Waals surface area contributed by atoms with Gasteiger partial charge in [-0.2, -0.15) is 0 Å². The molecular formula is C10H8N4OS. The van der Waals surface area contributed by atoms with E-state index in [-0.39, 0.29) is 12.1 Å². The Balaban J connectivity index is 1.98. The van der Waals surface area contributed by atoms with Gasteiger partial charge in [-0.25, -0.2) is 0 Å². The molecule has 1 aromatic heterocycles. The topological polar surface area (TPSA) is 66.9 Å². The minimum absolute atomic E-state index is 0.0904. The van der Waals surface area contributed by atoms with E-state index in [1.807, 2.05) is 23.6 Å². The lowest BCUT2D eigenvalue weighted by Crippen LogP contribution is -2.38. The molecule has 2 aromatic rings. The van der Waals surface area contributed by atoms with Gasteiger partial charge in [-0.05, 0) is 23.7 Å². The van der Waals surface area contributed by atoms with E-state index in [9.17, 15) is 4.79 Å². The minimum Gasteiger partial charge on any atom is -0.360 e. The Morgan fingerprint density at radius 3 is 2.94 bits per heavy atom. The van der Waals surface area contributed by atoms with Crippen molar-refractivity contribution in [1.82, 2.24) is 14.9 Å². The van der Waals surface area contributed by atoms with Crippen LogP contribution in [0.1, 0.15) is 22.2 Å². The van der Waals surface area contributed by atoms with E-state index in [4.69, 9.17) is 0 Å². The van der Waals surface area contributed by atoms with Gasteiger partial charge < -0.3 is 10.6 Å². The molecule has 0 saturated carbocycles. The first-order valence-electron chi connectivity index (χ1n) is 4.78. The maximum atomic E-state index is 11.8.